The Kier molecular flexibility index (Phi) is 12.9. The molecule has 2 aromatic heterocycles. The molecule has 292 valence electrons. The number of amides is 2. The number of aromatic hydroxyl groups is 2. The molecule has 0 aliphatic carbocycles. The van der Waals surface area contributed by atoms with Crippen molar-refractivity contribution in [3.8, 4) is 11.5 Å². The van der Waals surface area contributed by atoms with Crippen LogP contribution in [0.25, 0.3) is 21.8 Å². The predicted molar refractivity (Wildman–Crippen MR) is 213 cm³/mol. The third-order valence-electron chi connectivity index (χ3n) is 9.11. The summed E-state index contributed by atoms with van der Waals surface area (Å²) in [5, 5.41) is 26.3. The first kappa shape index (κ1) is 41.4. The molecule has 6 rings (SSSR count). The number of halogens is 4. The molecule has 0 bridgehead atoms. The summed E-state index contributed by atoms with van der Waals surface area (Å²) in [6, 6.07) is 18.0. The standard InChI is InChI=1S/2C21H20ClFN2O3/c1-11(2)24-18(27)10-15-12(3)25(16-8-9-17(26)20(23)19(15)16)21(28)13-4-6-14(22)7-5-13;1-3-10-24-18(27)11-15-12(2)25(16-8-9-17(26)20(23)19(15)16)21(28)13-4-6-14(22)7-5-13/h4-9,11,26H,10H2,1-3H3,(H,24,27);4-9,26H,3,10-11H2,1-2H3,(H,24,27). The molecule has 2 heterocycles. The van der Waals surface area contributed by atoms with Gasteiger partial charge in [-0.2, -0.15) is 0 Å². The topological polar surface area (TPSA) is 143 Å². The third-order valence-corrected chi connectivity index (χ3v) is 9.62. The number of phenolic OH excluding ortho intramolecular Hbond substituents is 2. The van der Waals surface area contributed by atoms with E-state index < -0.39 is 23.1 Å². The van der Waals surface area contributed by atoms with Gasteiger partial charge in [0.1, 0.15) is 0 Å². The minimum Gasteiger partial charge on any atom is -0.505 e. The molecule has 6 aromatic rings. The highest BCUT2D eigenvalue weighted by Crippen LogP contribution is 2.35. The molecule has 0 saturated carbocycles. The second-order valence-corrected chi connectivity index (χ2v) is 14.3. The second-order valence-electron chi connectivity index (χ2n) is 13.4. The molecule has 0 unspecified atom stereocenters. The maximum Gasteiger partial charge on any atom is 0.262 e. The van der Waals surface area contributed by atoms with Crippen molar-refractivity contribution in [2.45, 2.75) is 59.9 Å². The van der Waals surface area contributed by atoms with Crippen LogP contribution in [0.2, 0.25) is 10.0 Å². The number of rotatable bonds is 9. The number of aromatic nitrogens is 2. The molecule has 4 aromatic carbocycles. The average Bonchev–Trinajstić information content (AvgIpc) is 3.59. The lowest BCUT2D eigenvalue weighted by molar-refractivity contribution is -0.121. The average molecular weight is 806 g/mol. The van der Waals surface area contributed by atoms with E-state index >= 15 is 0 Å². The largest absolute Gasteiger partial charge is 0.505 e. The van der Waals surface area contributed by atoms with E-state index in [2.05, 4.69) is 10.6 Å². The van der Waals surface area contributed by atoms with E-state index in [-0.39, 0.29) is 53.3 Å². The maximum atomic E-state index is 14.8. The van der Waals surface area contributed by atoms with Crippen molar-refractivity contribution in [1.29, 1.82) is 0 Å². The smallest absolute Gasteiger partial charge is 0.262 e. The zero-order chi connectivity index (χ0) is 41.0. The van der Waals surface area contributed by atoms with Crippen molar-refractivity contribution in [2.75, 3.05) is 6.54 Å². The maximum absolute atomic E-state index is 14.8. The zero-order valence-electron chi connectivity index (χ0n) is 31.3. The molecule has 0 aliphatic heterocycles. The van der Waals surface area contributed by atoms with Gasteiger partial charge in [0.25, 0.3) is 11.8 Å². The Morgan fingerprint density at radius 3 is 1.43 bits per heavy atom. The molecule has 0 aliphatic rings. The highest BCUT2D eigenvalue weighted by atomic mass is 35.5. The first-order valence-corrected chi connectivity index (χ1v) is 18.5. The molecule has 0 saturated heterocycles. The Morgan fingerprint density at radius 1 is 0.661 bits per heavy atom. The Morgan fingerprint density at radius 2 is 1.05 bits per heavy atom. The third kappa shape index (κ3) is 8.56. The molecule has 14 heteroatoms. The molecule has 0 fully saturated rings. The van der Waals surface area contributed by atoms with Gasteiger partial charge in [-0.15, -0.1) is 0 Å². The van der Waals surface area contributed by atoms with Crippen molar-refractivity contribution >= 4 is 68.6 Å². The van der Waals surface area contributed by atoms with Crippen molar-refractivity contribution in [1.82, 2.24) is 19.8 Å². The van der Waals surface area contributed by atoms with Crippen LogP contribution in [0.15, 0.2) is 72.8 Å². The van der Waals surface area contributed by atoms with Crippen LogP contribution in [0.3, 0.4) is 0 Å². The van der Waals surface area contributed by atoms with Crippen molar-refractivity contribution in [3.05, 3.63) is 128 Å². The molecular weight excluding hydrogens is 765 g/mol. The highest BCUT2D eigenvalue weighted by Gasteiger charge is 2.27. The molecule has 0 radical (unpaired) electrons. The van der Waals surface area contributed by atoms with Crippen LogP contribution in [-0.4, -0.2) is 55.6 Å². The van der Waals surface area contributed by atoms with Crippen LogP contribution >= 0.6 is 23.2 Å². The van der Waals surface area contributed by atoms with E-state index in [0.717, 1.165) is 6.42 Å². The van der Waals surface area contributed by atoms with Gasteiger partial charge in [-0.3, -0.25) is 28.3 Å². The Balaban J connectivity index is 0.000000214. The number of carbonyl (C=O) groups excluding carboxylic acids is 4. The fourth-order valence-corrected chi connectivity index (χ4v) is 6.72. The van der Waals surface area contributed by atoms with Crippen molar-refractivity contribution < 1.29 is 38.2 Å². The fourth-order valence-electron chi connectivity index (χ4n) is 6.47. The highest BCUT2D eigenvalue weighted by molar-refractivity contribution is 6.31. The Bertz CT molecular complexity index is 2470. The van der Waals surface area contributed by atoms with E-state index in [9.17, 15) is 38.2 Å². The van der Waals surface area contributed by atoms with Gasteiger partial charge in [-0.25, -0.2) is 8.78 Å². The minimum atomic E-state index is -0.851. The molecule has 0 atom stereocenters. The van der Waals surface area contributed by atoms with Crippen LogP contribution in [0.5, 0.6) is 11.5 Å². The Labute approximate surface area is 331 Å². The molecule has 4 N–H and O–H groups in total. The Hall–Kier alpha value is -5.72. The van der Waals surface area contributed by atoms with Crippen LogP contribution in [0.1, 0.15) is 70.4 Å². The summed E-state index contributed by atoms with van der Waals surface area (Å²) in [6.07, 6.45) is 0.572. The summed E-state index contributed by atoms with van der Waals surface area (Å²) < 4.78 is 32.2. The van der Waals surface area contributed by atoms with E-state index in [1.54, 1.807) is 62.4 Å². The summed E-state index contributed by atoms with van der Waals surface area (Å²) in [5.74, 6) is -4.07. The second kappa shape index (κ2) is 17.4. The van der Waals surface area contributed by atoms with Gasteiger partial charge in [-0.05, 0) is 118 Å². The van der Waals surface area contributed by atoms with Crippen molar-refractivity contribution in [3.63, 3.8) is 0 Å². The van der Waals surface area contributed by atoms with Gasteiger partial charge in [0, 0.05) is 55.9 Å². The van der Waals surface area contributed by atoms with Gasteiger partial charge in [-0.1, -0.05) is 30.1 Å². The minimum absolute atomic E-state index is 0.0683. The summed E-state index contributed by atoms with van der Waals surface area (Å²) in [5.41, 5.74) is 2.97. The monoisotopic (exact) mass is 804 g/mol. The van der Waals surface area contributed by atoms with Gasteiger partial charge in [0.05, 0.1) is 23.9 Å². The summed E-state index contributed by atoms with van der Waals surface area (Å²) in [6.45, 7) is 9.40. The van der Waals surface area contributed by atoms with Crippen LogP contribution in [0, 0.1) is 25.5 Å². The van der Waals surface area contributed by atoms with Crippen LogP contribution in [-0.2, 0) is 22.4 Å². The van der Waals surface area contributed by atoms with E-state index in [1.165, 1.54) is 33.4 Å². The van der Waals surface area contributed by atoms with Gasteiger partial charge < -0.3 is 20.8 Å². The fraction of sp³-hybridized carbons (Fsp3) is 0.238. The molecular formula is C42H40Cl2F2N4O6. The number of phenols is 2. The van der Waals surface area contributed by atoms with E-state index in [0.29, 0.717) is 61.3 Å². The molecule has 10 nitrogen and oxygen atoms in total. The lowest BCUT2D eigenvalue weighted by Crippen LogP contribution is -2.31. The van der Waals surface area contributed by atoms with E-state index in [4.69, 9.17) is 23.2 Å². The summed E-state index contributed by atoms with van der Waals surface area (Å²) in [4.78, 5) is 50.7. The summed E-state index contributed by atoms with van der Waals surface area (Å²) >= 11 is 11.8. The van der Waals surface area contributed by atoms with Gasteiger partial charge in [0.2, 0.25) is 11.8 Å². The first-order valence-electron chi connectivity index (χ1n) is 17.7. The number of carbonyl (C=O) groups is 4. The first-order chi connectivity index (χ1) is 26.5. The van der Waals surface area contributed by atoms with Gasteiger partial charge in [0.15, 0.2) is 23.1 Å². The number of fused-ring (bicyclic) bond motifs is 2. The molecule has 0 spiro atoms. The summed E-state index contributed by atoms with van der Waals surface area (Å²) in [7, 11) is 0. The lowest BCUT2D eigenvalue weighted by atomic mass is 10.1. The lowest BCUT2D eigenvalue weighted by Gasteiger charge is -2.09. The number of benzene rings is 4. The van der Waals surface area contributed by atoms with Crippen LogP contribution in [0.4, 0.5) is 8.78 Å². The van der Waals surface area contributed by atoms with Crippen molar-refractivity contribution in [2.24, 2.45) is 0 Å². The molecule has 56 heavy (non-hydrogen) atoms. The van der Waals surface area contributed by atoms with Gasteiger partial charge >= 0.3 is 0 Å². The number of nitrogens with zero attached hydrogens (tertiary/aromatic N) is 2. The molecule has 2 amide bonds. The predicted octanol–water partition coefficient (Wildman–Crippen LogP) is 8.41. The SMILES string of the molecule is CCCNC(=O)Cc1c(C)n(C(=O)c2ccc(Cl)cc2)c2ccc(O)c(F)c12.Cc1c(CC(=O)NC(C)C)c2c(F)c(O)ccc2n1C(=O)c1ccc(Cl)cc1. The number of hydrogen-bond donors (Lipinski definition) is 4. The normalized spacial score (nSPS) is 11.1. The quantitative estimate of drug-likeness (QED) is 0.116. The number of hydrogen-bond acceptors (Lipinski definition) is 6. The van der Waals surface area contributed by atoms with E-state index in [1.807, 2.05) is 20.8 Å². The zero-order valence-corrected chi connectivity index (χ0v) is 32.8. The number of nitrogens with one attached hydrogen (secondary N) is 2. The van der Waals surface area contributed by atoms with Crippen LogP contribution < -0.4 is 10.6 Å².